The molecule has 3 fully saturated rings. The van der Waals surface area contributed by atoms with Gasteiger partial charge in [0.05, 0.1) is 10.9 Å². The second-order valence-corrected chi connectivity index (χ2v) is 11.8. The molecule has 10 heteroatoms. The van der Waals surface area contributed by atoms with Gasteiger partial charge in [-0.15, -0.1) is 0 Å². The zero-order valence-electron chi connectivity index (χ0n) is 23.0. The highest BCUT2D eigenvalue weighted by molar-refractivity contribution is 6.00. The summed E-state index contributed by atoms with van der Waals surface area (Å²) in [6.45, 7) is 3.33. The number of nitrogens with one attached hydrogen (secondary N) is 1. The smallest absolute Gasteiger partial charge is 0.319 e. The standard InChI is InChI=1S/C31H33FN6O3/c1-37-9-4-6-21(37)16-41-30-35-28-25(29(36-30)38-10-8-19-13-31(17-38,18-39)34-14-19)15-33-27(26(28)32)24-12-22(40)11-20-5-2-3-7-23(20)24/h2-3,5,7,11-12,15,18-19,21,34,40H,4,6,8-10,13-14,16-17H2,1H3/t19?,21-,31?/m0/s1. The van der Waals surface area contributed by atoms with Crippen LogP contribution in [0.15, 0.2) is 42.6 Å². The Bertz CT molecular complexity index is 1650. The van der Waals surface area contributed by atoms with Gasteiger partial charge in [-0.25, -0.2) is 4.39 Å². The number of fused-ring (bicyclic) bond motifs is 4. The number of carbonyl (C=O) groups excluding carboxylic acids is 1. The van der Waals surface area contributed by atoms with Crippen molar-refractivity contribution < 1.29 is 19.0 Å². The number of carbonyl (C=O) groups is 1. The Morgan fingerprint density at radius 2 is 2.07 bits per heavy atom. The van der Waals surface area contributed by atoms with Crippen LogP contribution < -0.4 is 15.0 Å². The molecule has 2 aromatic heterocycles. The molecule has 0 spiro atoms. The van der Waals surface area contributed by atoms with Gasteiger partial charge in [0.1, 0.15) is 35.7 Å². The van der Waals surface area contributed by atoms with Crippen molar-refractivity contribution in [3.63, 3.8) is 0 Å². The van der Waals surface area contributed by atoms with Crippen LogP contribution in [0.1, 0.15) is 25.7 Å². The molecule has 5 heterocycles. The molecule has 2 bridgehead atoms. The third-order valence-electron chi connectivity index (χ3n) is 9.02. The lowest BCUT2D eigenvalue weighted by Crippen LogP contribution is -2.51. The summed E-state index contributed by atoms with van der Waals surface area (Å²) >= 11 is 0. The molecule has 0 radical (unpaired) electrons. The number of benzene rings is 2. The fourth-order valence-corrected chi connectivity index (χ4v) is 6.76. The topological polar surface area (TPSA) is 104 Å². The Labute approximate surface area is 237 Å². The van der Waals surface area contributed by atoms with Crippen molar-refractivity contribution in [1.82, 2.24) is 25.2 Å². The Morgan fingerprint density at radius 3 is 2.90 bits per heavy atom. The summed E-state index contributed by atoms with van der Waals surface area (Å²) in [6, 6.07) is 11.0. The predicted octanol–water partition coefficient (Wildman–Crippen LogP) is 3.92. The molecule has 41 heavy (non-hydrogen) atoms. The summed E-state index contributed by atoms with van der Waals surface area (Å²) in [4.78, 5) is 30.4. The second kappa shape index (κ2) is 10.2. The average Bonchev–Trinajstić information content (AvgIpc) is 3.53. The van der Waals surface area contributed by atoms with Gasteiger partial charge in [-0.1, -0.05) is 24.3 Å². The van der Waals surface area contributed by atoms with Crippen molar-refractivity contribution in [3.05, 3.63) is 48.4 Å². The van der Waals surface area contributed by atoms with E-state index in [0.29, 0.717) is 42.4 Å². The van der Waals surface area contributed by atoms with Crippen molar-refractivity contribution in [2.75, 3.05) is 44.7 Å². The molecule has 4 aromatic rings. The van der Waals surface area contributed by atoms with Gasteiger partial charge in [0.25, 0.3) is 0 Å². The predicted molar refractivity (Wildman–Crippen MR) is 155 cm³/mol. The van der Waals surface area contributed by atoms with E-state index in [1.807, 2.05) is 29.2 Å². The fraction of sp³-hybridized carbons (Fsp3) is 0.419. The van der Waals surface area contributed by atoms with Crippen LogP contribution in [0, 0.1) is 11.7 Å². The maximum absolute atomic E-state index is 16.5. The number of rotatable bonds is 6. The van der Waals surface area contributed by atoms with Crippen molar-refractivity contribution in [1.29, 1.82) is 0 Å². The first-order valence-electron chi connectivity index (χ1n) is 14.3. The van der Waals surface area contributed by atoms with E-state index in [2.05, 4.69) is 27.2 Å². The Kier molecular flexibility index (Phi) is 6.47. The minimum atomic E-state index is -0.668. The number of pyridine rings is 1. The third-order valence-corrected chi connectivity index (χ3v) is 9.02. The van der Waals surface area contributed by atoms with Crippen LogP contribution in [-0.4, -0.2) is 82.7 Å². The van der Waals surface area contributed by atoms with Gasteiger partial charge >= 0.3 is 6.01 Å². The molecule has 2 unspecified atom stereocenters. The molecule has 3 aliphatic heterocycles. The molecular weight excluding hydrogens is 523 g/mol. The number of aromatic hydroxyl groups is 1. The molecule has 0 saturated carbocycles. The molecule has 3 saturated heterocycles. The number of hydrogen-bond donors (Lipinski definition) is 2. The van der Waals surface area contributed by atoms with Crippen molar-refractivity contribution >= 4 is 33.8 Å². The summed E-state index contributed by atoms with van der Waals surface area (Å²) in [5, 5.41) is 15.8. The first-order valence-corrected chi connectivity index (χ1v) is 14.3. The maximum atomic E-state index is 16.5. The summed E-state index contributed by atoms with van der Waals surface area (Å²) in [5.74, 6) is 0.329. The zero-order chi connectivity index (χ0) is 28.1. The Morgan fingerprint density at radius 1 is 1.20 bits per heavy atom. The number of anilines is 1. The number of aromatic nitrogens is 3. The van der Waals surface area contributed by atoms with E-state index >= 15 is 4.39 Å². The van der Waals surface area contributed by atoms with E-state index in [1.165, 1.54) is 6.07 Å². The number of halogens is 1. The van der Waals surface area contributed by atoms with E-state index in [9.17, 15) is 9.90 Å². The Balaban J connectivity index is 1.36. The largest absolute Gasteiger partial charge is 0.508 e. The summed E-state index contributed by atoms with van der Waals surface area (Å²) in [7, 11) is 2.07. The molecule has 7 rings (SSSR count). The van der Waals surface area contributed by atoms with E-state index in [0.717, 1.165) is 55.8 Å². The average molecular weight is 557 g/mol. The number of nitrogens with zero attached hydrogens (tertiary/aromatic N) is 5. The number of likely N-dealkylation sites (tertiary alicyclic amines) is 1. The second-order valence-electron chi connectivity index (χ2n) is 11.8. The summed E-state index contributed by atoms with van der Waals surface area (Å²) in [6.07, 6.45) is 6.39. The van der Waals surface area contributed by atoms with Crippen LogP contribution in [0.25, 0.3) is 32.9 Å². The van der Waals surface area contributed by atoms with Crippen LogP contribution in [0.4, 0.5) is 10.2 Å². The monoisotopic (exact) mass is 556 g/mol. The lowest BCUT2D eigenvalue weighted by atomic mass is 9.94. The van der Waals surface area contributed by atoms with E-state index < -0.39 is 11.4 Å². The van der Waals surface area contributed by atoms with Crippen LogP contribution in [0.5, 0.6) is 11.8 Å². The van der Waals surface area contributed by atoms with Gasteiger partial charge in [0.15, 0.2) is 5.82 Å². The number of phenols is 1. The zero-order valence-corrected chi connectivity index (χ0v) is 23.0. The van der Waals surface area contributed by atoms with Crippen LogP contribution in [-0.2, 0) is 4.79 Å². The molecular formula is C31H33FN6O3. The van der Waals surface area contributed by atoms with E-state index in [4.69, 9.17) is 9.72 Å². The van der Waals surface area contributed by atoms with Crippen LogP contribution >= 0.6 is 0 Å². The van der Waals surface area contributed by atoms with Crippen molar-refractivity contribution in [2.24, 2.45) is 5.92 Å². The van der Waals surface area contributed by atoms with Gasteiger partial charge in [0.2, 0.25) is 0 Å². The molecule has 3 atom stereocenters. The minimum Gasteiger partial charge on any atom is -0.508 e. The quantitative estimate of drug-likeness (QED) is 0.342. The van der Waals surface area contributed by atoms with E-state index in [-0.39, 0.29) is 29.0 Å². The third kappa shape index (κ3) is 4.64. The molecule has 9 nitrogen and oxygen atoms in total. The van der Waals surface area contributed by atoms with Crippen molar-refractivity contribution in [2.45, 2.75) is 37.3 Å². The lowest BCUT2D eigenvalue weighted by Gasteiger charge is -2.32. The first kappa shape index (κ1) is 26.0. The summed E-state index contributed by atoms with van der Waals surface area (Å²) < 4.78 is 22.7. The van der Waals surface area contributed by atoms with Gasteiger partial charge in [-0.2, -0.15) is 9.97 Å². The normalized spacial score (nSPS) is 24.7. The van der Waals surface area contributed by atoms with Crippen molar-refractivity contribution in [3.8, 4) is 23.0 Å². The fourth-order valence-electron chi connectivity index (χ4n) is 6.76. The summed E-state index contributed by atoms with van der Waals surface area (Å²) in [5.41, 5.74) is 0.00565. The Hall–Kier alpha value is -3.89. The number of hydrogen-bond acceptors (Lipinski definition) is 9. The SMILES string of the molecule is CN1CCC[C@H]1COc1nc(N2CCC3CNC(C=O)(C3)C2)c2cnc(-c3cc(O)cc4ccccc34)c(F)c2n1. The molecule has 212 valence electrons. The number of phenolic OH excluding ortho intramolecular Hbond substituents is 1. The lowest BCUT2D eigenvalue weighted by molar-refractivity contribution is -0.112. The minimum absolute atomic E-state index is 0.0272. The van der Waals surface area contributed by atoms with Gasteiger partial charge in [-0.05, 0) is 74.6 Å². The molecule has 2 aromatic carbocycles. The molecule has 0 amide bonds. The van der Waals surface area contributed by atoms with Gasteiger partial charge in [0, 0.05) is 30.9 Å². The highest BCUT2D eigenvalue weighted by Crippen LogP contribution is 2.38. The van der Waals surface area contributed by atoms with Crippen LogP contribution in [0.2, 0.25) is 0 Å². The molecule has 0 aliphatic carbocycles. The molecule has 2 N–H and O–H groups in total. The van der Waals surface area contributed by atoms with Gasteiger partial charge < -0.3 is 29.8 Å². The van der Waals surface area contributed by atoms with Crippen LogP contribution in [0.3, 0.4) is 0 Å². The maximum Gasteiger partial charge on any atom is 0.319 e. The molecule has 3 aliphatic rings. The number of ether oxygens (including phenoxy) is 1. The van der Waals surface area contributed by atoms with Gasteiger partial charge in [-0.3, -0.25) is 4.98 Å². The highest BCUT2D eigenvalue weighted by Gasteiger charge is 2.43. The first-order chi connectivity index (χ1) is 19.9. The highest BCUT2D eigenvalue weighted by atomic mass is 19.1. The number of aldehydes is 1. The number of likely N-dealkylation sites (N-methyl/N-ethyl adjacent to an activating group) is 1. The van der Waals surface area contributed by atoms with E-state index in [1.54, 1.807) is 12.3 Å².